The molecule has 1 aliphatic carbocycles. The van der Waals surface area contributed by atoms with Crippen molar-refractivity contribution in [3.63, 3.8) is 0 Å². The number of carbonyl (C=O) groups excluding carboxylic acids is 1. The van der Waals surface area contributed by atoms with Gasteiger partial charge in [0.15, 0.2) is 0 Å². The van der Waals surface area contributed by atoms with Crippen molar-refractivity contribution < 1.29 is 9.53 Å². The summed E-state index contributed by atoms with van der Waals surface area (Å²) in [6.45, 7) is 1.19. The first kappa shape index (κ1) is 12.5. The van der Waals surface area contributed by atoms with E-state index in [9.17, 15) is 4.79 Å². The highest BCUT2D eigenvalue weighted by Gasteiger charge is 2.36. The maximum atomic E-state index is 12.1. The van der Waals surface area contributed by atoms with E-state index in [0.29, 0.717) is 13.2 Å². The number of nitrogens with two attached hydrogens (primary N) is 1. The Labute approximate surface area is 91.8 Å². The minimum atomic E-state index is -0.610. The molecule has 4 nitrogen and oxygen atoms in total. The molecule has 1 saturated carbocycles. The molecule has 0 radical (unpaired) electrons. The van der Waals surface area contributed by atoms with Gasteiger partial charge in [0.2, 0.25) is 5.91 Å². The molecule has 1 rings (SSSR count). The topological polar surface area (TPSA) is 55.6 Å². The molecule has 0 aromatic carbocycles. The van der Waals surface area contributed by atoms with E-state index in [2.05, 4.69) is 0 Å². The second-order valence-electron chi connectivity index (χ2n) is 4.44. The van der Waals surface area contributed by atoms with Gasteiger partial charge in [-0.2, -0.15) is 0 Å². The SMILES string of the molecule is COCCN(C)C(=O)C1(N)CCCCC1. The molecule has 0 aliphatic heterocycles. The van der Waals surface area contributed by atoms with Crippen LogP contribution in [0.2, 0.25) is 0 Å². The summed E-state index contributed by atoms with van der Waals surface area (Å²) in [5, 5.41) is 0. The summed E-state index contributed by atoms with van der Waals surface area (Å²) in [6.07, 6.45) is 4.99. The molecule has 1 amide bonds. The first-order valence-electron chi connectivity index (χ1n) is 5.63. The van der Waals surface area contributed by atoms with Gasteiger partial charge in [-0.25, -0.2) is 0 Å². The first-order valence-corrected chi connectivity index (χ1v) is 5.63. The quantitative estimate of drug-likeness (QED) is 0.751. The van der Waals surface area contributed by atoms with Gasteiger partial charge >= 0.3 is 0 Å². The number of likely N-dealkylation sites (N-methyl/N-ethyl adjacent to an activating group) is 1. The number of hydrogen-bond acceptors (Lipinski definition) is 3. The highest BCUT2D eigenvalue weighted by atomic mass is 16.5. The lowest BCUT2D eigenvalue weighted by Crippen LogP contribution is -2.55. The van der Waals surface area contributed by atoms with Gasteiger partial charge in [0.25, 0.3) is 0 Å². The van der Waals surface area contributed by atoms with Crippen molar-refractivity contribution in [3.8, 4) is 0 Å². The normalized spacial score (nSPS) is 19.9. The zero-order valence-corrected chi connectivity index (χ0v) is 9.79. The van der Waals surface area contributed by atoms with Crippen LogP contribution in [0.3, 0.4) is 0 Å². The number of ether oxygens (including phenoxy) is 1. The van der Waals surface area contributed by atoms with E-state index >= 15 is 0 Å². The summed E-state index contributed by atoms with van der Waals surface area (Å²) < 4.78 is 4.95. The van der Waals surface area contributed by atoms with Crippen molar-refractivity contribution in [3.05, 3.63) is 0 Å². The van der Waals surface area contributed by atoms with E-state index in [4.69, 9.17) is 10.5 Å². The zero-order chi connectivity index (χ0) is 11.3. The van der Waals surface area contributed by atoms with Crippen molar-refractivity contribution in [1.29, 1.82) is 0 Å². The molecule has 4 heteroatoms. The molecule has 0 aromatic heterocycles. The minimum absolute atomic E-state index is 0.0688. The summed E-state index contributed by atoms with van der Waals surface area (Å²) in [6, 6.07) is 0. The third kappa shape index (κ3) is 3.18. The first-order chi connectivity index (χ1) is 7.10. The number of hydrogen-bond donors (Lipinski definition) is 1. The van der Waals surface area contributed by atoms with Crippen LogP contribution in [0.4, 0.5) is 0 Å². The van der Waals surface area contributed by atoms with E-state index in [1.54, 1.807) is 19.1 Å². The number of rotatable bonds is 4. The fourth-order valence-corrected chi connectivity index (χ4v) is 2.11. The van der Waals surface area contributed by atoms with Crippen molar-refractivity contribution in [2.75, 3.05) is 27.3 Å². The predicted octanol–water partition coefficient (Wildman–Crippen LogP) is 0.753. The van der Waals surface area contributed by atoms with Crippen LogP contribution >= 0.6 is 0 Å². The van der Waals surface area contributed by atoms with Gasteiger partial charge in [0.1, 0.15) is 0 Å². The van der Waals surface area contributed by atoms with E-state index < -0.39 is 5.54 Å². The third-order valence-corrected chi connectivity index (χ3v) is 3.15. The molecule has 0 unspecified atom stereocenters. The molecule has 0 bridgehead atoms. The molecule has 0 spiro atoms. The lowest BCUT2D eigenvalue weighted by atomic mass is 9.81. The highest BCUT2D eigenvalue weighted by molar-refractivity contribution is 5.86. The van der Waals surface area contributed by atoms with E-state index in [-0.39, 0.29) is 5.91 Å². The molecular weight excluding hydrogens is 192 g/mol. The maximum Gasteiger partial charge on any atom is 0.242 e. The van der Waals surface area contributed by atoms with Crippen LogP contribution in [0.25, 0.3) is 0 Å². The van der Waals surface area contributed by atoms with E-state index in [0.717, 1.165) is 25.7 Å². The Kier molecular flexibility index (Phi) is 4.54. The van der Waals surface area contributed by atoms with Crippen LogP contribution in [0.15, 0.2) is 0 Å². The fraction of sp³-hybridized carbons (Fsp3) is 0.909. The lowest BCUT2D eigenvalue weighted by molar-refractivity contribution is -0.137. The van der Waals surface area contributed by atoms with Crippen LogP contribution < -0.4 is 5.73 Å². The Morgan fingerprint density at radius 3 is 2.53 bits per heavy atom. The van der Waals surface area contributed by atoms with Crippen LogP contribution in [0.1, 0.15) is 32.1 Å². The average Bonchev–Trinajstić information content (AvgIpc) is 2.26. The van der Waals surface area contributed by atoms with Gasteiger partial charge in [-0.3, -0.25) is 4.79 Å². The van der Waals surface area contributed by atoms with Crippen molar-refractivity contribution >= 4 is 5.91 Å². The Morgan fingerprint density at radius 2 is 2.00 bits per heavy atom. The third-order valence-electron chi connectivity index (χ3n) is 3.15. The smallest absolute Gasteiger partial charge is 0.242 e. The van der Waals surface area contributed by atoms with Crippen molar-refractivity contribution in [1.82, 2.24) is 4.90 Å². The Balaban J connectivity index is 2.49. The van der Waals surface area contributed by atoms with Crippen LogP contribution in [0, 0.1) is 0 Å². The summed E-state index contributed by atoms with van der Waals surface area (Å²) in [4.78, 5) is 13.8. The standard InChI is InChI=1S/C11H22N2O2/c1-13(8-9-15-2)10(14)11(12)6-4-3-5-7-11/h3-9,12H2,1-2H3. The number of nitrogens with zero attached hydrogens (tertiary/aromatic N) is 1. The molecule has 0 heterocycles. The molecule has 0 saturated heterocycles. The molecule has 88 valence electrons. The predicted molar refractivity (Wildman–Crippen MR) is 59.5 cm³/mol. The number of carbonyl (C=O) groups is 1. The Morgan fingerprint density at radius 1 is 1.40 bits per heavy atom. The lowest BCUT2D eigenvalue weighted by Gasteiger charge is -2.35. The number of methoxy groups -OCH3 is 1. The second-order valence-corrected chi connectivity index (χ2v) is 4.44. The van der Waals surface area contributed by atoms with Gasteiger partial charge in [-0.05, 0) is 12.8 Å². The number of amides is 1. The molecule has 1 fully saturated rings. The summed E-state index contributed by atoms with van der Waals surface area (Å²) in [7, 11) is 3.43. The molecule has 15 heavy (non-hydrogen) atoms. The van der Waals surface area contributed by atoms with Gasteiger partial charge in [-0.1, -0.05) is 19.3 Å². The van der Waals surface area contributed by atoms with Crippen LogP contribution in [-0.4, -0.2) is 43.7 Å². The zero-order valence-electron chi connectivity index (χ0n) is 9.79. The van der Waals surface area contributed by atoms with Crippen LogP contribution in [-0.2, 0) is 9.53 Å². The molecular formula is C11H22N2O2. The molecule has 0 aromatic rings. The summed E-state index contributed by atoms with van der Waals surface area (Å²) in [5.41, 5.74) is 5.53. The van der Waals surface area contributed by atoms with E-state index in [1.807, 2.05) is 0 Å². The molecule has 2 N–H and O–H groups in total. The summed E-state index contributed by atoms with van der Waals surface area (Å²) >= 11 is 0. The van der Waals surface area contributed by atoms with Gasteiger partial charge in [-0.15, -0.1) is 0 Å². The van der Waals surface area contributed by atoms with Gasteiger partial charge < -0.3 is 15.4 Å². The average molecular weight is 214 g/mol. The minimum Gasteiger partial charge on any atom is -0.383 e. The van der Waals surface area contributed by atoms with E-state index in [1.165, 1.54) is 6.42 Å². The van der Waals surface area contributed by atoms with Gasteiger partial charge in [0.05, 0.1) is 12.1 Å². The van der Waals surface area contributed by atoms with Crippen LogP contribution in [0.5, 0.6) is 0 Å². The maximum absolute atomic E-state index is 12.1. The van der Waals surface area contributed by atoms with Crippen molar-refractivity contribution in [2.24, 2.45) is 5.73 Å². The largest absolute Gasteiger partial charge is 0.383 e. The summed E-state index contributed by atoms with van der Waals surface area (Å²) in [5.74, 6) is 0.0688. The van der Waals surface area contributed by atoms with Crippen molar-refractivity contribution in [2.45, 2.75) is 37.6 Å². The second kappa shape index (κ2) is 5.47. The molecule has 0 atom stereocenters. The fourth-order valence-electron chi connectivity index (χ4n) is 2.11. The van der Waals surface area contributed by atoms with Gasteiger partial charge in [0, 0.05) is 20.7 Å². The highest BCUT2D eigenvalue weighted by Crippen LogP contribution is 2.27. The Hall–Kier alpha value is -0.610. The molecule has 1 aliphatic rings. The Bertz CT molecular complexity index is 213. The monoisotopic (exact) mass is 214 g/mol.